The molecule has 1 atom stereocenters. The summed E-state index contributed by atoms with van der Waals surface area (Å²) >= 11 is 0. The number of sulfonamides is 1. The van der Waals surface area contributed by atoms with E-state index in [1.54, 1.807) is 16.4 Å². The third-order valence-electron chi connectivity index (χ3n) is 4.65. The molecule has 3 aliphatic rings. The molecule has 4 rings (SSSR count). The fourth-order valence-corrected chi connectivity index (χ4v) is 5.17. The standard InChI is InChI=1S/C14H19NO2S/c1-9-4-5-14(6-10(9)2)18(16,17)15-11(3)12-7-13(15)8-12/h4-6,11-13H,7-8H2,1-3H3/t11-,12?,13?/m1/s1. The number of fused-ring (bicyclic) bond motifs is 1. The van der Waals surface area contributed by atoms with E-state index in [2.05, 4.69) is 0 Å². The van der Waals surface area contributed by atoms with Crippen molar-refractivity contribution >= 4 is 10.0 Å². The Morgan fingerprint density at radius 3 is 2.33 bits per heavy atom. The van der Waals surface area contributed by atoms with Crippen molar-refractivity contribution in [2.75, 3.05) is 0 Å². The van der Waals surface area contributed by atoms with Crippen molar-refractivity contribution in [3.05, 3.63) is 29.3 Å². The Balaban J connectivity index is 2.02. The van der Waals surface area contributed by atoms with E-state index < -0.39 is 10.0 Å². The Labute approximate surface area is 109 Å². The van der Waals surface area contributed by atoms with Gasteiger partial charge in [-0.25, -0.2) is 8.42 Å². The average Bonchev–Trinajstić information content (AvgIpc) is 2.73. The Morgan fingerprint density at radius 1 is 1.17 bits per heavy atom. The van der Waals surface area contributed by atoms with Gasteiger partial charge >= 0.3 is 0 Å². The predicted octanol–water partition coefficient (Wildman–Crippen LogP) is 2.47. The highest BCUT2D eigenvalue weighted by molar-refractivity contribution is 7.89. The number of hydrogen-bond acceptors (Lipinski definition) is 2. The van der Waals surface area contributed by atoms with Gasteiger partial charge in [0.25, 0.3) is 0 Å². The first-order chi connectivity index (χ1) is 8.41. The van der Waals surface area contributed by atoms with Crippen molar-refractivity contribution in [2.45, 2.75) is 50.6 Å². The van der Waals surface area contributed by atoms with Crippen LogP contribution in [0.5, 0.6) is 0 Å². The minimum Gasteiger partial charge on any atom is -0.207 e. The molecular formula is C14H19NO2S. The van der Waals surface area contributed by atoms with E-state index in [0.29, 0.717) is 10.8 Å². The van der Waals surface area contributed by atoms with Crippen LogP contribution in [0.4, 0.5) is 0 Å². The molecule has 0 N–H and O–H groups in total. The second-order valence-corrected chi connectivity index (χ2v) is 7.55. The maximum atomic E-state index is 12.7. The zero-order chi connectivity index (χ0) is 13.1. The molecule has 4 heteroatoms. The van der Waals surface area contributed by atoms with E-state index in [0.717, 1.165) is 24.0 Å². The van der Waals surface area contributed by atoms with Gasteiger partial charge in [0.15, 0.2) is 0 Å². The molecule has 0 radical (unpaired) electrons. The maximum absolute atomic E-state index is 12.7. The van der Waals surface area contributed by atoms with Crippen molar-refractivity contribution in [2.24, 2.45) is 5.92 Å². The molecule has 18 heavy (non-hydrogen) atoms. The minimum atomic E-state index is -3.30. The zero-order valence-corrected chi connectivity index (χ0v) is 11.9. The molecule has 0 spiro atoms. The Hall–Kier alpha value is -0.870. The summed E-state index contributed by atoms with van der Waals surface area (Å²) in [6.45, 7) is 6.00. The number of nitrogens with zero attached hydrogens (tertiary/aromatic N) is 1. The summed E-state index contributed by atoms with van der Waals surface area (Å²) in [7, 11) is -3.30. The van der Waals surface area contributed by atoms with E-state index in [4.69, 9.17) is 0 Å². The lowest BCUT2D eigenvalue weighted by Gasteiger charge is -2.25. The molecule has 1 saturated carbocycles. The fraction of sp³-hybridized carbons (Fsp3) is 0.571. The monoisotopic (exact) mass is 265 g/mol. The fourth-order valence-electron chi connectivity index (χ4n) is 3.18. The highest BCUT2D eigenvalue weighted by Crippen LogP contribution is 2.48. The van der Waals surface area contributed by atoms with Crippen molar-refractivity contribution in [1.82, 2.24) is 4.31 Å². The van der Waals surface area contributed by atoms with Gasteiger partial charge in [-0.15, -0.1) is 0 Å². The Bertz CT molecular complexity index is 588. The second-order valence-electron chi connectivity index (χ2n) is 5.71. The Kier molecular flexibility index (Phi) is 2.58. The quantitative estimate of drug-likeness (QED) is 0.824. The SMILES string of the molecule is Cc1ccc(S(=O)(=O)N2C3CC(C3)[C@H]2C)cc1C. The molecule has 98 valence electrons. The molecule has 1 aromatic carbocycles. The van der Waals surface area contributed by atoms with E-state index in [9.17, 15) is 8.42 Å². The van der Waals surface area contributed by atoms with E-state index in [1.807, 2.05) is 26.8 Å². The molecule has 0 amide bonds. The van der Waals surface area contributed by atoms with Crippen molar-refractivity contribution < 1.29 is 8.42 Å². The van der Waals surface area contributed by atoms with Gasteiger partial charge in [0.2, 0.25) is 10.0 Å². The summed E-state index contributed by atoms with van der Waals surface area (Å²) in [5.74, 6) is 0.580. The van der Waals surface area contributed by atoms with Crippen LogP contribution in [0.2, 0.25) is 0 Å². The summed E-state index contributed by atoms with van der Waals surface area (Å²) in [5, 5.41) is 0. The third-order valence-corrected chi connectivity index (χ3v) is 6.68. The summed E-state index contributed by atoms with van der Waals surface area (Å²) in [4.78, 5) is 0.449. The van der Waals surface area contributed by atoms with Crippen molar-refractivity contribution in [1.29, 1.82) is 0 Å². The van der Waals surface area contributed by atoms with Gasteiger partial charge in [-0.05, 0) is 62.8 Å². The highest BCUT2D eigenvalue weighted by Gasteiger charge is 2.53. The predicted molar refractivity (Wildman–Crippen MR) is 70.9 cm³/mol. The smallest absolute Gasteiger partial charge is 0.207 e. The van der Waals surface area contributed by atoms with Gasteiger partial charge in [0, 0.05) is 12.1 Å². The van der Waals surface area contributed by atoms with Crippen LogP contribution in [-0.2, 0) is 10.0 Å². The molecule has 3 nitrogen and oxygen atoms in total. The largest absolute Gasteiger partial charge is 0.243 e. The molecule has 0 unspecified atom stereocenters. The Morgan fingerprint density at radius 2 is 1.83 bits per heavy atom. The summed E-state index contributed by atoms with van der Waals surface area (Å²) in [6, 6.07) is 5.85. The molecule has 2 heterocycles. The molecular weight excluding hydrogens is 246 g/mol. The van der Waals surface area contributed by atoms with Gasteiger partial charge in [-0.3, -0.25) is 0 Å². The summed E-state index contributed by atoms with van der Waals surface area (Å²) < 4.78 is 27.1. The van der Waals surface area contributed by atoms with Gasteiger partial charge in [0.05, 0.1) is 4.90 Å². The van der Waals surface area contributed by atoms with E-state index >= 15 is 0 Å². The number of aryl methyl sites for hydroxylation is 2. The first kappa shape index (κ1) is 12.2. The minimum absolute atomic E-state index is 0.168. The van der Waals surface area contributed by atoms with Crippen LogP contribution >= 0.6 is 0 Å². The van der Waals surface area contributed by atoms with Crippen LogP contribution in [0.1, 0.15) is 30.9 Å². The van der Waals surface area contributed by atoms with Gasteiger partial charge < -0.3 is 0 Å². The van der Waals surface area contributed by atoms with E-state index in [-0.39, 0.29) is 12.1 Å². The van der Waals surface area contributed by atoms with Crippen LogP contribution in [-0.4, -0.2) is 24.8 Å². The lowest BCUT2D eigenvalue weighted by molar-refractivity contribution is 0.326. The first-order valence-corrected chi connectivity index (χ1v) is 7.96. The van der Waals surface area contributed by atoms with Crippen LogP contribution in [0.15, 0.2) is 23.1 Å². The summed E-state index contributed by atoms with van der Waals surface area (Å²) in [5.41, 5.74) is 2.17. The van der Waals surface area contributed by atoms with E-state index in [1.165, 1.54) is 0 Å². The van der Waals surface area contributed by atoms with Gasteiger partial charge in [0.1, 0.15) is 0 Å². The third kappa shape index (κ3) is 1.55. The van der Waals surface area contributed by atoms with Gasteiger partial charge in [-0.2, -0.15) is 4.31 Å². The maximum Gasteiger partial charge on any atom is 0.243 e. The number of rotatable bonds is 2. The molecule has 2 saturated heterocycles. The normalized spacial score (nSPS) is 31.4. The highest BCUT2D eigenvalue weighted by atomic mass is 32.2. The first-order valence-electron chi connectivity index (χ1n) is 6.52. The number of hydrogen-bond donors (Lipinski definition) is 0. The number of benzene rings is 1. The lowest BCUT2D eigenvalue weighted by Crippen LogP contribution is -2.36. The second kappa shape index (κ2) is 3.81. The van der Waals surface area contributed by atoms with Crippen LogP contribution in [0, 0.1) is 19.8 Å². The molecule has 0 aromatic heterocycles. The molecule has 2 aliphatic heterocycles. The van der Waals surface area contributed by atoms with Gasteiger partial charge in [-0.1, -0.05) is 6.07 Å². The zero-order valence-electron chi connectivity index (χ0n) is 11.1. The molecule has 1 aliphatic carbocycles. The van der Waals surface area contributed by atoms with Crippen LogP contribution < -0.4 is 0 Å². The molecule has 2 bridgehead atoms. The van der Waals surface area contributed by atoms with Crippen molar-refractivity contribution in [3.63, 3.8) is 0 Å². The average molecular weight is 265 g/mol. The molecule has 1 aromatic rings. The van der Waals surface area contributed by atoms with Crippen LogP contribution in [0.3, 0.4) is 0 Å². The summed E-state index contributed by atoms with van der Waals surface area (Å²) in [6.07, 6.45) is 2.09. The van der Waals surface area contributed by atoms with Crippen molar-refractivity contribution in [3.8, 4) is 0 Å². The molecule has 3 fully saturated rings. The lowest BCUT2D eigenvalue weighted by atomic mass is 9.83. The topological polar surface area (TPSA) is 37.4 Å². The van der Waals surface area contributed by atoms with Crippen LogP contribution in [0.25, 0.3) is 0 Å².